The van der Waals surface area contributed by atoms with Gasteiger partial charge < -0.3 is 9.47 Å². The Morgan fingerprint density at radius 2 is 1.77 bits per heavy atom. The molecule has 0 saturated carbocycles. The molecule has 0 saturated heterocycles. The maximum Gasteiger partial charge on any atom is 0.364 e. The molecule has 1 aliphatic rings. The zero-order valence-corrected chi connectivity index (χ0v) is 19.6. The van der Waals surface area contributed by atoms with Crippen molar-refractivity contribution in [3.05, 3.63) is 75.4 Å². The second-order valence-electron chi connectivity index (χ2n) is 8.25. The van der Waals surface area contributed by atoms with Gasteiger partial charge in [0.05, 0.1) is 19.7 Å². The summed E-state index contributed by atoms with van der Waals surface area (Å²) in [4.78, 5) is 43.5. The van der Waals surface area contributed by atoms with Crippen LogP contribution in [0.4, 0.5) is 11.6 Å². The van der Waals surface area contributed by atoms with Crippen molar-refractivity contribution in [3.63, 3.8) is 0 Å². The molecule has 35 heavy (non-hydrogen) atoms. The first kappa shape index (κ1) is 22.5. The van der Waals surface area contributed by atoms with Crippen molar-refractivity contribution in [2.75, 3.05) is 18.1 Å². The van der Waals surface area contributed by atoms with Gasteiger partial charge in [-0.25, -0.2) is 23.8 Å². The number of aromatic amines is 1. The third kappa shape index (κ3) is 4.07. The van der Waals surface area contributed by atoms with Crippen molar-refractivity contribution in [2.45, 2.75) is 26.4 Å². The Bertz CT molecular complexity index is 1500. The summed E-state index contributed by atoms with van der Waals surface area (Å²) in [5, 5.41) is 0. The molecule has 5 rings (SSSR count). The van der Waals surface area contributed by atoms with Crippen molar-refractivity contribution in [1.82, 2.24) is 14.1 Å². The fourth-order valence-electron chi connectivity index (χ4n) is 4.39. The van der Waals surface area contributed by atoms with Crippen LogP contribution in [0.15, 0.2) is 64.2 Å². The number of aromatic nitrogens is 4. The van der Waals surface area contributed by atoms with E-state index in [0.29, 0.717) is 29.4 Å². The molecule has 3 heterocycles. The molecule has 2 aromatic heterocycles. The molecular weight excluding hydrogens is 450 g/mol. The zero-order valence-electron chi connectivity index (χ0n) is 19.6. The van der Waals surface area contributed by atoms with E-state index in [9.17, 15) is 14.4 Å². The summed E-state index contributed by atoms with van der Waals surface area (Å²) >= 11 is 0. The van der Waals surface area contributed by atoms with Crippen LogP contribution in [0.25, 0.3) is 11.2 Å². The molecule has 0 radical (unpaired) electrons. The van der Waals surface area contributed by atoms with Crippen molar-refractivity contribution < 1.29 is 18.8 Å². The first-order valence-corrected chi connectivity index (χ1v) is 11.5. The van der Waals surface area contributed by atoms with E-state index in [2.05, 4.69) is 9.88 Å². The third-order valence-corrected chi connectivity index (χ3v) is 6.02. The second-order valence-corrected chi connectivity index (χ2v) is 8.25. The van der Waals surface area contributed by atoms with Crippen LogP contribution in [0.3, 0.4) is 0 Å². The number of para-hydroxylation sites is 1. The first-order valence-electron chi connectivity index (χ1n) is 11.5. The van der Waals surface area contributed by atoms with Gasteiger partial charge in [-0.1, -0.05) is 18.2 Å². The van der Waals surface area contributed by atoms with E-state index in [-0.39, 0.29) is 6.61 Å². The number of hydrogen-bond donors (Lipinski definition) is 1. The van der Waals surface area contributed by atoms with E-state index in [0.717, 1.165) is 29.0 Å². The Morgan fingerprint density at radius 3 is 2.49 bits per heavy atom. The molecule has 0 unspecified atom stereocenters. The highest BCUT2D eigenvalue weighted by Gasteiger charge is 2.33. The molecule has 0 atom stereocenters. The number of hydrogen-bond acceptors (Lipinski definition) is 6. The van der Waals surface area contributed by atoms with E-state index in [4.69, 9.17) is 9.47 Å². The number of aryl methyl sites for hydroxylation is 2. The average molecular weight is 477 g/mol. The van der Waals surface area contributed by atoms with Gasteiger partial charge in [-0.15, -0.1) is 0 Å². The number of benzene rings is 2. The van der Waals surface area contributed by atoms with Crippen LogP contribution in [0.2, 0.25) is 0 Å². The molecule has 4 aromatic rings. The number of fused-ring (bicyclic) bond motifs is 3. The number of carbonyl (C=O) groups is 1. The Morgan fingerprint density at radius 1 is 1.06 bits per heavy atom. The molecule has 180 valence electrons. The van der Waals surface area contributed by atoms with Gasteiger partial charge in [-0.2, -0.15) is 0 Å². The van der Waals surface area contributed by atoms with E-state index in [1.807, 2.05) is 59.2 Å². The van der Waals surface area contributed by atoms with Crippen LogP contribution in [0.5, 0.6) is 11.5 Å². The fraction of sp³-hybridized carbons (Fsp3) is 0.280. The molecule has 0 aliphatic carbocycles. The lowest BCUT2D eigenvalue weighted by Crippen LogP contribution is -2.50. The SMILES string of the molecule is CCOC(=O)Cn1c(=O)c2c([nH]c3[n+]2CCCN3c2ccc(Oc3ccccc3)cc2)n(C)c1=O. The minimum Gasteiger partial charge on any atom is -0.465 e. The van der Waals surface area contributed by atoms with Gasteiger partial charge in [-0.3, -0.25) is 14.2 Å². The lowest BCUT2D eigenvalue weighted by Gasteiger charge is -2.22. The normalized spacial score (nSPS) is 13.0. The number of nitrogens with zero attached hydrogens (tertiary/aromatic N) is 4. The predicted octanol–water partition coefficient (Wildman–Crippen LogP) is 2.21. The molecule has 1 aliphatic heterocycles. The average Bonchev–Trinajstić information content (AvgIpc) is 3.27. The number of imidazole rings is 1. The topological polar surface area (TPSA) is 102 Å². The van der Waals surface area contributed by atoms with Gasteiger partial charge in [0.1, 0.15) is 23.7 Å². The Balaban J connectivity index is 1.53. The lowest BCUT2D eigenvalue weighted by molar-refractivity contribution is -0.663. The van der Waals surface area contributed by atoms with E-state index < -0.39 is 23.8 Å². The van der Waals surface area contributed by atoms with Gasteiger partial charge in [0.15, 0.2) is 0 Å². The Kier molecular flexibility index (Phi) is 5.86. The maximum atomic E-state index is 13.3. The quantitative estimate of drug-likeness (QED) is 0.338. The smallest absolute Gasteiger partial charge is 0.364 e. The molecule has 2 aromatic carbocycles. The minimum atomic E-state index is -0.625. The molecular formula is C25H26N5O5+. The summed E-state index contributed by atoms with van der Waals surface area (Å²) in [6.07, 6.45) is 0.799. The van der Waals surface area contributed by atoms with Crippen LogP contribution >= 0.6 is 0 Å². The van der Waals surface area contributed by atoms with Crippen LogP contribution in [0.1, 0.15) is 13.3 Å². The number of nitrogens with one attached hydrogen (secondary N) is 1. The van der Waals surface area contributed by atoms with Gasteiger partial charge in [-0.05, 0) is 43.3 Å². The number of rotatable bonds is 6. The van der Waals surface area contributed by atoms with E-state index in [1.165, 1.54) is 4.57 Å². The summed E-state index contributed by atoms with van der Waals surface area (Å²) < 4.78 is 15.0. The summed E-state index contributed by atoms with van der Waals surface area (Å²) in [5.41, 5.74) is 0.573. The second kappa shape index (κ2) is 9.13. The predicted molar refractivity (Wildman–Crippen MR) is 129 cm³/mol. The number of H-pyrrole nitrogens is 1. The summed E-state index contributed by atoms with van der Waals surface area (Å²) in [5.74, 6) is 1.54. The van der Waals surface area contributed by atoms with Gasteiger partial charge in [0, 0.05) is 13.5 Å². The molecule has 0 fully saturated rings. The van der Waals surface area contributed by atoms with Crippen LogP contribution < -0.4 is 25.5 Å². The zero-order chi connectivity index (χ0) is 24.5. The maximum absolute atomic E-state index is 13.3. The summed E-state index contributed by atoms with van der Waals surface area (Å²) in [7, 11) is 1.58. The monoisotopic (exact) mass is 476 g/mol. The number of anilines is 2. The van der Waals surface area contributed by atoms with Crippen molar-refractivity contribution in [3.8, 4) is 11.5 Å². The molecule has 1 N–H and O–H groups in total. The Hall–Kier alpha value is -4.34. The minimum absolute atomic E-state index is 0.175. The highest BCUT2D eigenvalue weighted by molar-refractivity contribution is 5.72. The van der Waals surface area contributed by atoms with Gasteiger partial charge >= 0.3 is 17.6 Å². The largest absolute Gasteiger partial charge is 0.465 e. The van der Waals surface area contributed by atoms with Gasteiger partial charge in [0.25, 0.3) is 5.56 Å². The highest BCUT2D eigenvalue weighted by Crippen LogP contribution is 2.29. The molecule has 0 bridgehead atoms. The number of ether oxygens (including phenoxy) is 2. The lowest BCUT2D eigenvalue weighted by atomic mass is 10.2. The molecule has 0 spiro atoms. The van der Waals surface area contributed by atoms with Crippen molar-refractivity contribution >= 4 is 28.8 Å². The number of carbonyl (C=O) groups excluding carboxylic acids is 1. The fourth-order valence-corrected chi connectivity index (χ4v) is 4.39. The van der Waals surface area contributed by atoms with Crippen LogP contribution in [-0.2, 0) is 29.7 Å². The highest BCUT2D eigenvalue weighted by atomic mass is 16.5. The van der Waals surface area contributed by atoms with Crippen molar-refractivity contribution in [2.24, 2.45) is 7.05 Å². The summed E-state index contributed by atoms with van der Waals surface area (Å²) in [6.45, 7) is 2.76. The van der Waals surface area contributed by atoms with Crippen LogP contribution in [-0.4, -0.2) is 33.2 Å². The summed E-state index contributed by atoms with van der Waals surface area (Å²) in [6, 6.07) is 17.3. The molecule has 10 nitrogen and oxygen atoms in total. The Labute approximate surface area is 200 Å². The number of esters is 1. The molecule has 0 amide bonds. The van der Waals surface area contributed by atoms with E-state index in [1.54, 1.807) is 14.0 Å². The van der Waals surface area contributed by atoms with Crippen molar-refractivity contribution in [1.29, 1.82) is 0 Å². The third-order valence-electron chi connectivity index (χ3n) is 6.02. The standard InChI is InChI=1S/C25H25N5O5/c1-3-34-20(31)16-30-23(32)21-22(27(2)25(30)33)26-24-28(14-7-15-29(21)24)17-10-12-19(13-11-17)35-18-8-5-4-6-9-18/h4-6,8-13H,3,7,14-16H2,1-2H3/p+1. The van der Waals surface area contributed by atoms with Crippen LogP contribution in [0, 0.1) is 0 Å². The molecule has 10 heteroatoms. The first-order chi connectivity index (χ1) is 17.0. The van der Waals surface area contributed by atoms with E-state index >= 15 is 0 Å². The van der Waals surface area contributed by atoms with Gasteiger partial charge in [0.2, 0.25) is 11.2 Å².